The summed E-state index contributed by atoms with van der Waals surface area (Å²) in [5.41, 5.74) is 1.28. The van der Waals surface area contributed by atoms with Crippen molar-refractivity contribution in [3.63, 3.8) is 0 Å². The summed E-state index contributed by atoms with van der Waals surface area (Å²) in [6.07, 6.45) is 1.47. The smallest absolute Gasteiger partial charge is 0.242 e. The predicted molar refractivity (Wildman–Crippen MR) is 145 cm³/mol. The number of nitrogens with zero attached hydrogens (tertiary/aromatic N) is 2. The van der Waals surface area contributed by atoms with Gasteiger partial charge in [0.1, 0.15) is 17.5 Å². The number of amides is 2. The van der Waals surface area contributed by atoms with Crippen molar-refractivity contribution in [1.82, 2.24) is 10.2 Å². The number of benzene rings is 2. The summed E-state index contributed by atoms with van der Waals surface area (Å²) in [7, 11) is -2.04. The number of carbonyl (C=O) groups excluding carboxylic acids is 2. The molecule has 37 heavy (non-hydrogen) atoms. The molecule has 0 saturated heterocycles. The van der Waals surface area contributed by atoms with Crippen molar-refractivity contribution < 1.29 is 27.5 Å². The van der Waals surface area contributed by atoms with Crippen molar-refractivity contribution in [3.8, 4) is 11.5 Å². The van der Waals surface area contributed by atoms with E-state index in [1.807, 2.05) is 32.9 Å². The molecule has 204 valence electrons. The molecule has 0 aromatic heterocycles. The summed E-state index contributed by atoms with van der Waals surface area (Å²) in [4.78, 5) is 27.7. The lowest BCUT2D eigenvalue weighted by Crippen LogP contribution is -2.49. The summed E-state index contributed by atoms with van der Waals surface area (Å²) in [5.74, 6) is 0.663. The molecule has 0 fully saturated rings. The van der Waals surface area contributed by atoms with Gasteiger partial charge in [0.2, 0.25) is 21.8 Å². The fraction of sp³-hybridized carbons (Fsp3) is 0.481. The topological polar surface area (TPSA) is 105 Å². The van der Waals surface area contributed by atoms with Crippen LogP contribution in [0.15, 0.2) is 48.5 Å². The van der Waals surface area contributed by atoms with Crippen molar-refractivity contribution >= 4 is 27.5 Å². The highest BCUT2D eigenvalue weighted by atomic mass is 32.2. The number of hydrogen-bond donors (Lipinski definition) is 1. The Morgan fingerprint density at radius 3 is 2.24 bits per heavy atom. The zero-order valence-electron chi connectivity index (χ0n) is 22.6. The van der Waals surface area contributed by atoms with Gasteiger partial charge in [-0.1, -0.05) is 24.3 Å². The number of nitrogens with one attached hydrogen (secondary N) is 1. The molecule has 0 saturated carbocycles. The minimum atomic E-state index is -3.62. The zero-order chi connectivity index (χ0) is 27.6. The zero-order valence-corrected chi connectivity index (χ0v) is 23.4. The number of anilines is 1. The second-order valence-electron chi connectivity index (χ2n) is 9.05. The van der Waals surface area contributed by atoms with E-state index in [1.165, 1.54) is 9.21 Å². The molecule has 0 radical (unpaired) electrons. The van der Waals surface area contributed by atoms with Gasteiger partial charge in [-0.25, -0.2) is 8.42 Å². The van der Waals surface area contributed by atoms with E-state index in [1.54, 1.807) is 50.4 Å². The van der Waals surface area contributed by atoms with Crippen LogP contribution >= 0.6 is 0 Å². The highest BCUT2D eigenvalue weighted by Gasteiger charge is 2.27. The number of sulfonamides is 1. The summed E-state index contributed by atoms with van der Waals surface area (Å²) in [5, 5.41) is 2.86. The molecule has 0 aliphatic carbocycles. The maximum absolute atomic E-state index is 13.4. The molecule has 0 spiro atoms. The van der Waals surface area contributed by atoms with Gasteiger partial charge in [-0.15, -0.1) is 0 Å². The van der Waals surface area contributed by atoms with Crippen LogP contribution in [0, 0.1) is 0 Å². The summed E-state index contributed by atoms with van der Waals surface area (Å²) < 4.78 is 37.3. The van der Waals surface area contributed by atoms with Gasteiger partial charge in [-0.2, -0.15) is 0 Å². The number of rotatable bonds is 14. The lowest BCUT2D eigenvalue weighted by Gasteiger charge is -2.30. The molecule has 2 aromatic rings. The molecular weight excluding hydrogens is 494 g/mol. The first kappa shape index (κ1) is 30.0. The van der Waals surface area contributed by atoms with E-state index in [4.69, 9.17) is 9.47 Å². The van der Waals surface area contributed by atoms with E-state index >= 15 is 0 Å². The minimum absolute atomic E-state index is 0.0677. The van der Waals surface area contributed by atoms with E-state index in [-0.39, 0.29) is 43.8 Å². The number of para-hydroxylation sites is 2. The van der Waals surface area contributed by atoms with Crippen LogP contribution in [0.3, 0.4) is 0 Å². The van der Waals surface area contributed by atoms with Crippen molar-refractivity contribution in [3.05, 3.63) is 54.1 Å². The van der Waals surface area contributed by atoms with Gasteiger partial charge in [0.05, 0.1) is 25.7 Å². The van der Waals surface area contributed by atoms with Crippen LogP contribution in [0.2, 0.25) is 0 Å². The quantitative estimate of drug-likeness (QED) is 0.398. The largest absolute Gasteiger partial charge is 0.497 e. The molecule has 1 atom stereocenters. The SMILES string of the molecule is CCOc1ccccc1N(CCCC(=O)N(Cc1ccc(OC)cc1)[C@H](C)C(=O)NC(C)C)S(C)(=O)=O. The Kier molecular flexibility index (Phi) is 11.2. The highest BCUT2D eigenvalue weighted by Crippen LogP contribution is 2.30. The Hall–Kier alpha value is -3.27. The average molecular weight is 534 g/mol. The molecule has 2 amide bonds. The second-order valence-corrected chi connectivity index (χ2v) is 11.0. The van der Waals surface area contributed by atoms with Crippen molar-refractivity contribution in [2.75, 3.05) is 30.8 Å². The Balaban J connectivity index is 2.21. The third kappa shape index (κ3) is 8.96. The Morgan fingerprint density at radius 2 is 1.68 bits per heavy atom. The number of ether oxygens (including phenoxy) is 2. The first-order valence-electron chi connectivity index (χ1n) is 12.4. The first-order chi connectivity index (χ1) is 17.5. The summed E-state index contributed by atoms with van der Waals surface area (Å²) in [6, 6.07) is 13.4. The average Bonchev–Trinajstić information content (AvgIpc) is 2.84. The maximum atomic E-state index is 13.4. The minimum Gasteiger partial charge on any atom is -0.497 e. The predicted octanol–water partition coefficient (Wildman–Crippen LogP) is 3.58. The number of carbonyl (C=O) groups is 2. The fourth-order valence-electron chi connectivity index (χ4n) is 3.84. The Labute approximate surface area is 220 Å². The summed E-state index contributed by atoms with van der Waals surface area (Å²) >= 11 is 0. The van der Waals surface area contributed by atoms with Gasteiger partial charge in [0.25, 0.3) is 0 Å². The van der Waals surface area contributed by atoms with Crippen LogP contribution in [-0.4, -0.2) is 63.7 Å². The maximum Gasteiger partial charge on any atom is 0.242 e. The van der Waals surface area contributed by atoms with Crippen molar-refractivity contribution in [2.24, 2.45) is 0 Å². The van der Waals surface area contributed by atoms with Crippen LogP contribution in [0.4, 0.5) is 5.69 Å². The third-order valence-corrected chi connectivity index (χ3v) is 6.88. The molecule has 2 aromatic carbocycles. The van der Waals surface area contributed by atoms with Gasteiger partial charge in [-0.3, -0.25) is 13.9 Å². The fourth-order valence-corrected chi connectivity index (χ4v) is 4.81. The third-order valence-electron chi connectivity index (χ3n) is 5.70. The van der Waals surface area contributed by atoms with Crippen molar-refractivity contribution in [2.45, 2.75) is 59.2 Å². The second kappa shape index (κ2) is 13.9. The lowest BCUT2D eigenvalue weighted by molar-refractivity contribution is -0.140. The van der Waals surface area contributed by atoms with E-state index in [9.17, 15) is 18.0 Å². The summed E-state index contributed by atoms with van der Waals surface area (Å²) in [6.45, 7) is 7.97. The molecule has 0 heterocycles. The molecule has 0 unspecified atom stereocenters. The Bertz CT molecular complexity index is 1140. The van der Waals surface area contributed by atoms with Gasteiger partial charge >= 0.3 is 0 Å². The molecule has 0 bridgehead atoms. The van der Waals surface area contributed by atoms with Crippen LogP contribution in [-0.2, 0) is 26.2 Å². The normalized spacial score (nSPS) is 12.1. The van der Waals surface area contributed by atoms with E-state index in [0.717, 1.165) is 11.8 Å². The molecule has 2 rings (SSSR count). The van der Waals surface area contributed by atoms with Crippen LogP contribution in [0.1, 0.15) is 46.1 Å². The van der Waals surface area contributed by atoms with Gasteiger partial charge in [-0.05, 0) is 63.9 Å². The molecular formula is C27H39N3O6S. The van der Waals surface area contributed by atoms with E-state index in [2.05, 4.69) is 5.32 Å². The molecule has 0 aliphatic heterocycles. The van der Waals surface area contributed by atoms with Gasteiger partial charge in [0.15, 0.2) is 0 Å². The van der Waals surface area contributed by atoms with E-state index in [0.29, 0.717) is 23.8 Å². The molecule has 9 nitrogen and oxygen atoms in total. The van der Waals surface area contributed by atoms with Crippen LogP contribution < -0.4 is 19.1 Å². The van der Waals surface area contributed by atoms with Crippen LogP contribution in [0.5, 0.6) is 11.5 Å². The monoisotopic (exact) mass is 533 g/mol. The van der Waals surface area contributed by atoms with Crippen LogP contribution in [0.25, 0.3) is 0 Å². The van der Waals surface area contributed by atoms with E-state index < -0.39 is 16.1 Å². The number of methoxy groups -OCH3 is 1. The first-order valence-corrected chi connectivity index (χ1v) is 14.2. The number of hydrogen-bond acceptors (Lipinski definition) is 6. The van der Waals surface area contributed by atoms with Gasteiger partial charge < -0.3 is 19.7 Å². The molecule has 10 heteroatoms. The molecule has 1 N–H and O–H groups in total. The van der Waals surface area contributed by atoms with Crippen molar-refractivity contribution in [1.29, 1.82) is 0 Å². The molecule has 0 aliphatic rings. The highest BCUT2D eigenvalue weighted by molar-refractivity contribution is 7.92. The van der Waals surface area contributed by atoms with Gasteiger partial charge in [0, 0.05) is 25.6 Å². The standard InChI is InChI=1S/C27H39N3O6S/c1-7-36-25-12-9-8-11-24(25)30(37(6,33)34)18-10-13-26(31)29(21(4)27(32)28-20(2)3)19-22-14-16-23(35-5)17-15-22/h8-9,11-12,14-17,20-21H,7,10,13,18-19H2,1-6H3,(H,28,32)/t21-/m1/s1. The Morgan fingerprint density at radius 1 is 1.03 bits per heavy atom. The lowest BCUT2D eigenvalue weighted by atomic mass is 10.1.